The van der Waals surface area contributed by atoms with Crippen LogP contribution in [0.25, 0.3) is 0 Å². The first-order valence-corrected chi connectivity index (χ1v) is 16.5. The van der Waals surface area contributed by atoms with Crippen LogP contribution in [-0.2, 0) is 43.5 Å². The molecule has 1 heterocycles. The van der Waals surface area contributed by atoms with Gasteiger partial charge in [-0.15, -0.1) is 0 Å². The molecule has 0 spiro atoms. The highest BCUT2D eigenvalue weighted by molar-refractivity contribution is 5.27. The minimum Gasteiger partial charge on any atom is -0.497 e. The Morgan fingerprint density at radius 2 is 1.38 bits per heavy atom. The molecule has 0 radical (unpaired) electrons. The number of ether oxygens (including phenoxy) is 7. The van der Waals surface area contributed by atoms with Gasteiger partial charge in [-0.1, -0.05) is 80.6 Å². The van der Waals surface area contributed by atoms with Crippen molar-refractivity contribution >= 4 is 0 Å². The van der Waals surface area contributed by atoms with Crippen molar-refractivity contribution in [2.24, 2.45) is 5.41 Å². The largest absolute Gasteiger partial charge is 0.497 e. The van der Waals surface area contributed by atoms with E-state index in [1.807, 2.05) is 112 Å². The van der Waals surface area contributed by atoms with Crippen LogP contribution in [0.4, 0.5) is 0 Å². The summed E-state index contributed by atoms with van der Waals surface area (Å²) in [6, 6.07) is 25.4. The summed E-state index contributed by atoms with van der Waals surface area (Å²) in [5, 5.41) is 22.5. The zero-order valence-electron chi connectivity index (χ0n) is 29.0. The summed E-state index contributed by atoms with van der Waals surface area (Å²) in [5.41, 5.74) is 2.23. The third kappa shape index (κ3) is 9.89. The van der Waals surface area contributed by atoms with Gasteiger partial charge in [-0.2, -0.15) is 0 Å². The number of hydrogen-bond acceptors (Lipinski definition) is 9. The first-order chi connectivity index (χ1) is 23.1. The lowest BCUT2D eigenvalue weighted by Crippen LogP contribution is -2.65. The fraction of sp³-hybridized carbons (Fsp3) is 0.487. The first-order valence-electron chi connectivity index (χ1n) is 16.5. The number of aliphatic hydroxyl groups excluding tert-OH is 2. The van der Waals surface area contributed by atoms with Crippen molar-refractivity contribution in [3.63, 3.8) is 0 Å². The molecule has 1 saturated heterocycles. The zero-order valence-corrected chi connectivity index (χ0v) is 29.0. The Morgan fingerprint density at radius 3 is 1.96 bits per heavy atom. The Morgan fingerprint density at radius 1 is 0.812 bits per heavy atom. The molecule has 2 N–H and O–H groups in total. The molecule has 0 saturated carbocycles. The van der Waals surface area contributed by atoms with Crippen LogP contribution in [0.1, 0.15) is 50.3 Å². The maximum atomic E-state index is 11.3. The number of rotatable bonds is 18. The van der Waals surface area contributed by atoms with Gasteiger partial charge in [0.25, 0.3) is 0 Å². The molecule has 9 nitrogen and oxygen atoms in total. The van der Waals surface area contributed by atoms with Crippen LogP contribution in [0.15, 0.2) is 91.0 Å². The molecule has 3 aromatic carbocycles. The molecule has 6 atom stereocenters. The fourth-order valence-corrected chi connectivity index (χ4v) is 6.04. The summed E-state index contributed by atoms with van der Waals surface area (Å²) < 4.78 is 41.8. The molecule has 3 aromatic rings. The Kier molecular flexibility index (Phi) is 14.0. The molecule has 9 heteroatoms. The summed E-state index contributed by atoms with van der Waals surface area (Å²) >= 11 is 0. The van der Waals surface area contributed by atoms with Crippen LogP contribution < -0.4 is 9.47 Å². The Labute approximate surface area is 285 Å². The third-order valence-electron chi connectivity index (χ3n) is 8.98. The smallest absolute Gasteiger partial charge is 0.205 e. The van der Waals surface area contributed by atoms with Crippen LogP contribution in [0.3, 0.4) is 0 Å². The maximum Gasteiger partial charge on any atom is 0.205 e. The average Bonchev–Trinajstić information content (AvgIpc) is 3.11. The SMILES string of the molecule is COc1ccc(COCC=CC(C)(C)[C@]2(OC)O[C@H](C[C@@H](OCc3ccc(OC)cc3)[C@@H](C)OCc3ccccc3)C[C@H](O)[C@@H]2O)cc1. The van der Waals surface area contributed by atoms with E-state index in [1.54, 1.807) is 14.2 Å². The van der Waals surface area contributed by atoms with E-state index in [0.29, 0.717) is 32.8 Å². The lowest BCUT2D eigenvalue weighted by atomic mass is 9.75. The molecule has 262 valence electrons. The van der Waals surface area contributed by atoms with E-state index in [2.05, 4.69) is 0 Å². The van der Waals surface area contributed by atoms with E-state index in [4.69, 9.17) is 33.2 Å². The molecule has 1 fully saturated rings. The van der Waals surface area contributed by atoms with Gasteiger partial charge in [0.05, 0.1) is 65.1 Å². The summed E-state index contributed by atoms with van der Waals surface area (Å²) in [6.45, 7) is 7.37. The van der Waals surface area contributed by atoms with E-state index in [1.165, 1.54) is 7.11 Å². The van der Waals surface area contributed by atoms with Gasteiger partial charge in [0.15, 0.2) is 0 Å². The average molecular weight is 665 g/mol. The minimum absolute atomic E-state index is 0.213. The lowest BCUT2D eigenvalue weighted by Gasteiger charge is -2.53. The highest BCUT2D eigenvalue weighted by Gasteiger charge is 2.58. The van der Waals surface area contributed by atoms with Crippen LogP contribution in [0.2, 0.25) is 0 Å². The van der Waals surface area contributed by atoms with Crippen molar-refractivity contribution < 1.29 is 43.4 Å². The second kappa shape index (κ2) is 17.9. The van der Waals surface area contributed by atoms with Crippen molar-refractivity contribution in [3.8, 4) is 11.5 Å². The summed E-state index contributed by atoms with van der Waals surface area (Å²) in [4.78, 5) is 0. The van der Waals surface area contributed by atoms with Gasteiger partial charge < -0.3 is 43.4 Å². The highest BCUT2D eigenvalue weighted by atomic mass is 16.7. The number of aliphatic hydroxyl groups is 2. The normalized spacial score (nSPS) is 22.8. The Balaban J connectivity index is 1.45. The topological polar surface area (TPSA) is 105 Å². The van der Waals surface area contributed by atoms with Gasteiger partial charge in [-0.05, 0) is 47.9 Å². The Bertz CT molecular complexity index is 1380. The second-order valence-electron chi connectivity index (χ2n) is 12.8. The van der Waals surface area contributed by atoms with Crippen molar-refractivity contribution in [1.29, 1.82) is 0 Å². The molecule has 1 aliphatic rings. The molecule has 48 heavy (non-hydrogen) atoms. The Hall–Kier alpha value is -3.28. The molecule has 0 aliphatic carbocycles. The van der Waals surface area contributed by atoms with E-state index in [0.717, 1.165) is 28.2 Å². The molecule has 0 amide bonds. The molecule has 1 aliphatic heterocycles. The molecular weight excluding hydrogens is 612 g/mol. The van der Waals surface area contributed by atoms with E-state index in [-0.39, 0.29) is 18.6 Å². The fourth-order valence-electron chi connectivity index (χ4n) is 6.04. The van der Waals surface area contributed by atoms with Crippen LogP contribution in [0, 0.1) is 5.41 Å². The van der Waals surface area contributed by atoms with E-state index < -0.39 is 29.5 Å². The molecule has 0 unspecified atom stereocenters. The first kappa shape index (κ1) is 37.5. The number of benzene rings is 3. The van der Waals surface area contributed by atoms with Gasteiger partial charge in [-0.3, -0.25) is 0 Å². The van der Waals surface area contributed by atoms with Crippen molar-refractivity contribution in [2.75, 3.05) is 27.9 Å². The number of hydrogen-bond donors (Lipinski definition) is 2. The zero-order chi connectivity index (χ0) is 34.6. The van der Waals surface area contributed by atoms with Crippen molar-refractivity contribution in [1.82, 2.24) is 0 Å². The predicted molar refractivity (Wildman–Crippen MR) is 184 cm³/mol. The predicted octanol–water partition coefficient (Wildman–Crippen LogP) is 6.24. The van der Waals surface area contributed by atoms with E-state index >= 15 is 0 Å². The summed E-state index contributed by atoms with van der Waals surface area (Å²) in [7, 11) is 4.77. The van der Waals surface area contributed by atoms with E-state index in [9.17, 15) is 10.2 Å². The van der Waals surface area contributed by atoms with Gasteiger partial charge >= 0.3 is 0 Å². The molecule has 0 aromatic heterocycles. The minimum atomic E-state index is -1.53. The van der Waals surface area contributed by atoms with Gasteiger partial charge in [-0.25, -0.2) is 0 Å². The standard InChI is InChI=1S/C39H52O9/c1-28(46-26-29-11-8-7-9-12-29)36(47-27-31-15-19-33(43-5)20-16-31)24-34-23-35(40)37(41)39(44-6,48-34)38(2,3)21-10-22-45-25-30-13-17-32(42-4)18-14-30/h7-21,28,34-37,40-41H,22-27H2,1-6H3/t28-,34+,35+,36-,37+,39-/m1/s1. The monoisotopic (exact) mass is 664 g/mol. The molecular formula is C39H52O9. The van der Waals surface area contributed by atoms with Crippen LogP contribution in [0.5, 0.6) is 11.5 Å². The summed E-state index contributed by atoms with van der Waals surface area (Å²) in [6.07, 6.45) is 0.867. The third-order valence-corrected chi connectivity index (χ3v) is 8.98. The van der Waals surface area contributed by atoms with Crippen molar-refractivity contribution in [3.05, 3.63) is 108 Å². The summed E-state index contributed by atoms with van der Waals surface area (Å²) in [5.74, 6) is 0.0340. The van der Waals surface area contributed by atoms with Crippen LogP contribution in [-0.4, -0.2) is 74.5 Å². The highest BCUT2D eigenvalue weighted by Crippen LogP contribution is 2.45. The quantitative estimate of drug-likeness (QED) is 0.121. The number of methoxy groups -OCH3 is 3. The van der Waals surface area contributed by atoms with Gasteiger partial charge in [0.1, 0.15) is 17.6 Å². The lowest BCUT2D eigenvalue weighted by molar-refractivity contribution is -0.367. The second-order valence-corrected chi connectivity index (χ2v) is 12.8. The van der Waals surface area contributed by atoms with Gasteiger partial charge in [0, 0.05) is 25.4 Å². The van der Waals surface area contributed by atoms with Crippen LogP contribution >= 0.6 is 0 Å². The van der Waals surface area contributed by atoms with Gasteiger partial charge in [0.2, 0.25) is 5.79 Å². The van der Waals surface area contributed by atoms with Crippen molar-refractivity contribution in [2.45, 2.75) is 89.7 Å². The maximum absolute atomic E-state index is 11.3. The molecule has 0 bridgehead atoms. The molecule has 4 rings (SSSR count).